The van der Waals surface area contributed by atoms with Gasteiger partial charge in [-0.1, -0.05) is 112 Å². The van der Waals surface area contributed by atoms with E-state index in [0.29, 0.717) is 0 Å². The minimum absolute atomic E-state index is 0.914. The van der Waals surface area contributed by atoms with E-state index in [1.54, 1.807) is 0 Å². The molecule has 33 heavy (non-hydrogen) atoms. The molecular formula is C33H40. The van der Waals surface area contributed by atoms with Crippen LogP contribution in [-0.2, 0) is 0 Å². The first-order valence-electron chi connectivity index (χ1n) is 12.3. The summed E-state index contributed by atoms with van der Waals surface area (Å²) in [7, 11) is 0. The highest BCUT2D eigenvalue weighted by Gasteiger charge is 2.21. The van der Waals surface area contributed by atoms with Crippen LogP contribution >= 0.6 is 0 Å². The summed E-state index contributed by atoms with van der Waals surface area (Å²) >= 11 is 0. The highest BCUT2D eigenvalue weighted by Crippen LogP contribution is 2.42. The molecule has 0 saturated heterocycles. The Morgan fingerprint density at radius 1 is 0.879 bits per heavy atom. The molecule has 2 aromatic rings. The fourth-order valence-corrected chi connectivity index (χ4v) is 4.76. The Balaban J connectivity index is 0.00000187. The van der Waals surface area contributed by atoms with Crippen LogP contribution in [0.4, 0.5) is 0 Å². The average Bonchev–Trinajstić information content (AvgIpc) is 3.11. The molecule has 0 fully saturated rings. The molecular weight excluding hydrogens is 396 g/mol. The van der Waals surface area contributed by atoms with Crippen LogP contribution in [0.1, 0.15) is 67.9 Å². The number of allylic oxidation sites excluding steroid dienone is 11. The maximum Gasteiger partial charge on any atom is -0.00882 e. The topological polar surface area (TPSA) is 0 Å². The van der Waals surface area contributed by atoms with E-state index in [2.05, 4.69) is 113 Å². The van der Waals surface area contributed by atoms with E-state index >= 15 is 0 Å². The predicted molar refractivity (Wildman–Crippen MR) is 151 cm³/mol. The van der Waals surface area contributed by atoms with Crippen LogP contribution in [-0.4, -0.2) is 0 Å². The van der Waals surface area contributed by atoms with Gasteiger partial charge in [0.15, 0.2) is 0 Å². The second kappa shape index (κ2) is 13.4. The molecule has 2 aromatic carbocycles. The van der Waals surface area contributed by atoms with Gasteiger partial charge in [-0.3, -0.25) is 0 Å². The maximum atomic E-state index is 4.01. The van der Waals surface area contributed by atoms with Crippen LogP contribution in [0.25, 0.3) is 22.3 Å². The van der Waals surface area contributed by atoms with E-state index in [9.17, 15) is 0 Å². The lowest BCUT2D eigenvalue weighted by Crippen LogP contribution is -2.05. The Kier molecular flexibility index (Phi) is 10.6. The number of hydrogen-bond donors (Lipinski definition) is 0. The number of rotatable bonds is 7. The van der Waals surface area contributed by atoms with Crippen molar-refractivity contribution in [3.63, 3.8) is 0 Å². The Morgan fingerprint density at radius 3 is 2.24 bits per heavy atom. The SMILES string of the molecule is C=C/C=C(\C/C=C\CC)c1c(C)c(C2=CC=CC=CC2)c(C)c(-c2ccccc2)c1C.CC. The summed E-state index contributed by atoms with van der Waals surface area (Å²) in [5.74, 6) is 0. The molecule has 0 radical (unpaired) electrons. The summed E-state index contributed by atoms with van der Waals surface area (Å²) in [6.07, 6.45) is 22.5. The summed E-state index contributed by atoms with van der Waals surface area (Å²) in [6.45, 7) is 17.0. The number of hydrogen-bond acceptors (Lipinski definition) is 0. The summed E-state index contributed by atoms with van der Waals surface area (Å²) in [5.41, 5.74) is 12.1. The van der Waals surface area contributed by atoms with Crippen molar-refractivity contribution < 1.29 is 0 Å². The quantitative estimate of drug-likeness (QED) is 0.299. The van der Waals surface area contributed by atoms with Crippen LogP contribution in [0.2, 0.25) is 0 Å². The second-order valence-corrected chi connectivity index (χ2v) is 8.09. The average molecular weight is 437 g/mol. The molecule has 0 N–H and O–H groups in total. The third-order valence-corrected chi connectivity index (χ3v) is 6.01. The zero-order valence-electron chi connectivity index (χ0n) is 21.4. The van der Waals surface area contributed by atoms with E-state index in [1.807, 2.05) is 19.9 Å². The molecule has 3 rings (SSSR count). The molecule has 0 heteroatoms. The molecule has 0 bridgehead atoms. The van der Waals surface area contributed by atoms with Crippen LogP contribution in [0, 0.1) is 20.8 Å². The fourth-order valence-electron chi connectivity index (χ4n) is 4.76. The van der Waals surface area contributed by atoms with Gasteiger partial charge in [-0.2, -0.15) is 0 Å². The van der Waals surface area contributed by atoms with Gasteiger partial charge in [-0.25, -0.2) is 0 Å². The first-order valence-corrected chi connectivity index (χ1v) is 12.3. The van der Waals surface area contributed by atoms with E-state index in [4.69, 9.17) is 0 Å². The fraction of sp³-hybridized carbons (Fsp3) is 0.273. The van der Waals surface area contributed by atoms with Crippen molar-refractivity contribution >= 4 is 11.1 Å². The van der Waals surface area contributed by atoms with Crippen molar-refractivity contribution in [2.45, 2.75) is 60.8 Å². The van der Waals surface area contributed by atoms with Gasteiger partial charge < -0.3 is 0 Å². The van der Waals surface area contributed by atoms with E-state index in [0.717, 1.165) is 19.3 Å². The largest absolute Gasteiger partial charge is 0.0991 e. The second-order valence-electron chi connectivity index (χ2n) is 8.09. The van der Waals surface area contributed by atoms with Gasteiger partial charge in [-0.15, -0.1) is 0 Å². The highest BCUT2D eigenvalue weighted by atomic mass is 14.3. The van der Waals surface area contributed by atoms with Gasteiger partial charge in [0, 0.05) is 0 Å². The minimum atomic E-state index is 0.914. The normalized spacial score (nSPS) is 13.4. The summed E-state index contributed by atoms with van der Waals surface area (Å²) in [5, 5.41) is 0. The highest BCUT2D eigenvalue weighted by molar-refractivity contribution is 5.89. The van der Waals surface area contributed by atoms with E-state index in [-0.39, 0.29) is 0 Å². The maximum absolute atomic E-state index is 4.01. The lowest BCUT2D eigenvalue weighted by Gasteiger charge is -2.25. The Bertz CT molecular complexity index is 1080. The minimum Gasteiger partial charge on any atom is -0.0991 e. The van der Waals surface area contributed by atoms with Gasteiger partial charge in [0.05, 0.1) is 0 Å². The molecule has 0 nitrogen and oxygen atoms in total. The van der Waals surface area contributed by atoms with Crippen LogP contribution in [0.15, 0.2) is 91.6 Å². The lowest BCUT2D eigenvalue weighted by atomic mass is 9.79. The molecule has 0 saturated carbocycles. The molecule has 0 atom stereocenters. The Hall–Kier alpha value is -3.12. The van der Waals surface area contributed by atoms with Crippen molar-refractivity contribution in [3.05, 3.63) is 119 Å². The van der Waals surface area contributed by atoms with Crippen LogP contribution < -0.4 is 0 Å². The summed E-state index contributed by atoms with van der Waals surface area (Å²) < 4.78 is 0. The van der Waals surface area contributed by atoms with E-state index in [1.165, 1.54) is 50.1 Å². The lowest BCUT2D eigenvalue weighted by molar-refractivity contribution is 1.19. The molecule has 0 aliphatic heterocycles. The first kappa shape index (κ1) is 26.1. The molecule has 0 amide bonds. The summed E-state index contributed by atoms with van der Waals surface area (Å²) in [4.78, 5) is 0. The third kappa shape index (κ3) is 6.23. The molecule has 1 aliphatic rings. The van der Waals surface area contributed by atoms with Gasteiger partial charge in [0.1, 0.15) is 0 Å². The monoisotopic (exact) mass is 436 g/mol. The summed E-state index contributed by atoms with van der Waals surface area (Å²) in [6, 6.07) is 10.8. The van der Waals surface area contributed by atoms with Gasteiger partial charge in [0.2, 0.25) is 0 Å². The molecule has 0 heterocycles. The molecule has 0 spiro atoms. The molecule has 172 valence electrons. The van der Waals surface area contributed by atoms with Gasteiger partial charge in [-0.05, 0) is 90.1 Å². The van der Waals surface area contributed by atoms with Crippen molar-refractivity contribution in [1.82, 2.24) is 0 Å². The Labute approximate surface area is 202 Å². The number of benzene rings is 2. The van der Waals surface area contributed by atoms with Crippen molar-refractivity contribution in [3.8, 4) is 11.1 Å². The van der Waals surface area contributed by atoms with Crippen molar-refractivity contribution in [1.29, 1.82) is 0 Å². The molecule has 1 aliphatic carbocycles. The standard InChI is InChI=1S/C31H34.C2H6/c1-6-8-12-18-26(17-7-2)29-23(3)30(27-19-13-9-10-14-20-27)25(5)31(24(29)4)28-21-15-11-16-22-28;1-2/h7-17,19,21-22H,2,6,18,20H2,1,3-5H3;1-2H3/b12-8-,26-17+;. The van der Waals surface area contributed by atoms with Crippen LogP contribution in [0.5, 0.6) is 0 Å². The zero-order valence-corrected chi connectivity index (χ0v) is 21.4. The van der Waals surface area contributed by atoms with Gasteiger partial charge in [0.25, 0.3) is 0 Å². The third-order valence-electron chi connectivity index (χ3n) is 6.01. The van der Waals surface area contributed by atoms with Crippen LogP contribution in [0.3, 0.4) is 0 Å². The molecule has 0 aromatic heterocycles. The predicted octanol–water partition coefficient (Wildman–Crippen LogP) is 10.1. The van der Waals surface area contributed by atoms with Crippen molar-refractivity contribution in [2.75, 3.05) is 0 Å². The smallest absolute Gasteiger partial charge is 0.00882 e. The first-order chi connectivity index (χ1) is 16.1. The molecule has 0 unspecified atom stereocenters. The van der Waals surface area contributed by atoms with Gasteiger partial charge >= 0.3 is 0 Å². The zero-order chi connectivity index (χ0) is 24.2. The van der Waals surface area contributed by atoms with Crippen molar-refractivity contribution in [2.24, 2.45) is 0 Å². The van der Waals surface area contributed by atoms with E-state index < -0.39 is 0 Å². The Morgan fingerprint density at radius 2 is 1.58 bits per heavy atom.